The molecule has 2 aliphatic rings. The smallest absolute Gasteiger partial charge is 0.287 e. The van der Waals surface area contributed by atoms with Crippen LogP contribution in [0.4, 0.5) is 5.69 Å². The van der Waals surface area contributed by atoms with Crippen LogP contribution in [-0.4, -0.2) is 35.0 Å². The van der Waals surface area contributed by atoms with Crippen LogP contribution in [0.15, 0.2) is 12.3 Å². The number of hydrogen-bond donors (Lipinski definition) is 2. The average molecular weight is 278 g/mol. The second kappa shape index (κ2) is 5.24. The number of nitro groups is 1. The zero-order valence-electron chi connectivity index (χ0n) is 11.2. The van der Waals surface area contributed by atoms with Gasteiger partial charge in [0.05, 0.1) is 11.1 Å². The van der Waals surface area contributed by atoms with E-state index in [9.17, 15) is 14.9 Å². The van der Waals surface area contributed by atoms with Gasteiger partial charge in [0.25, 0.3) is 11.6 Å². The highest BCUT2D eigenvalue weighted by molar-refractivity contribution is 5.93. The van der Waals surface area contributed by atoms with Crippen molar-refractivity contribution in [2.75, 3.05) is 19.6 Å². The number of carbonyl (C=O) groups is 1. The first-order chi connectivity index (χ1) is 9.65. The number of nitrogens with one attached hydrogen (secondary N) is 2. The summed E-state index contributed by atoms with van der Waals surface area (Å²) in [5.41, 5.74) is 0.398. The van der Waals surface area contributed by atoms with Crippen molar-refractivity contribution < 1.29 is 9.72 Å². The highest BCUT2D eigenvalue weighted by atomic mass is 16.6. The molecule has 3 rings (SSSR count). The molecule has 2 fully saturated rings. The van der Waals surface area contributed by atoms with E-state index in [0.29, 0.717) is 18.2 Å². The van der Waals surface area contributed by atoms with E-state index in [4.69, 9.17) is 0 Å². The molecule has 2 heterocycles. The second-order valence-electron chi connectivity index (χ2n) is 5.55. The summed E-state index contributed by atoms with van der Waals surface area (Å²) in [7, 11) is 0. The quantitative estimate of drug-likeness (QED) is 0.623. The molecule has 0 bridgehead atoms. The highest BCUT2D eigenvalue weighted by Crippen LogP contribution is 2.37. The lowest BCUT2D eigenvalue weighted by molar-refractivity contribution is -0.384. The number of hydrogen-bond acceptors (Lipinski definition) is 4. The van der Waals surface area contributed by atoms with Crippen molar-refractivity contribution in [3.05, 3.63) is 28.1 Å². The number of rotatable bonds is 5. The maximum absolute atomic E-state index is 12.2. The van der Waals surface area contributed by atoms with Gasteiger partial charge in [-0.1, -0.05) is 0 Å². The lowest BCUT2D eigenvalue weighted by Crippen LogP contribution is -2.31. The van der Waals surface area contributed by atoms with Gasteiger partial charge in [-0.3, -0.25) is 14.9 Å². The Hall–Kier alpha value is -1.89. The van der Waals surface area contributed by atoms with Gasteiger partial charge >= 0.3 is 0 Å². The van der Waals surface area contributed by atoms with Crippen molar-refractivity contribution in [3.63, 3.8) is 0 Å². The molecular weight excluding hydrogens is 260 g/mol. The van der Waals surface area contributed by atoms with E-state index in [0.717, 1.165) is 32.4 Å². The number of amides is 1. The topological polar surface area (TPSA) is 89.2 Å². The first-order valence-electron chi connectivity index (χ1n) is 7.00. The molecule has 1 aromatic heterocycles. The fraction of sp³-hybridized carbons (Fsp3) is 0.615. The van der Waals surface area contributed by atoms with Crippen LogP contribution in [0.25, 0.3) is 0 Å². The molecule has 1 saturated carbocycles. The third kappa shape index (κ3) is 2.67. The van der Waals surface area contributed by atoms with Crippen LogP contribution in [0.1, 0.15) is 35.8 Å². The van der Waals surface area contributed by atoms with Gasteiger partial charge in [-0.15, -0.1) is 0 Å². The summed E-state index contributed by atoms with van der Waals surface area (Å²) in [6.07, 6.45) is 4.51. The lowest BCUT2D eigenvalue weighted by Gasteiger charge is -2.11. The first-order valence-corrected chi connectivity index (χ1v) is 7.00. The van der Waals surface area contributed by atoms with Gasteiger partial charge < -0.3 is 15.2 Å². The van der Waals surface area contributed by atoms with Crippen LogP contribution < -0.4 is 10.6 Å². The third-order valence-corrected chi connectivity index (χ3v) is 3.93. The highest BCUT2D eigenvalue weighted by Gasteiger charge is 2.30. The Bertz CT molecular complexity index is 530. The number of aromatic nitrogens is 1. The molecule has 1 saturated heterocycles. The van der Waals surface area contributed by atoms with E-state index in [1.807, 2.05) is 0 Å². The molecule has 1 aliphatic carbocycles. The van der Waals surface area contributed by atoms with Crippen molar-refractivity contribution in [1.82, 2.24) is 15.2 Å². The monoisotopic (exact) mass is 278 g/mol. The summed E-state index contributed by atoms with van der Waals surface area (Å²) in [5.74, 6) is 0.246. The zero-order chi connectivity index (χ0) is 14.1. The van der Waals surface area contributed by atoms with E-state index in [2.05, 4.69) is 10.6 Å². The molecule has 1 aliphatic heterocycles. The van der Waals surface area contributed by atoms with E-state index in [1.165, 1.54) is 12.3 Å². The Morgan fingerprint density at radius 2 is 2.30 bits per heavy atom. The summed E-state index contributed by atoms with van der Waals surface area (Å²) in [6.45, 7) is 2.53. The largest absolute Gasteiger partial charge is 0.350 e. The lowest BCUT2D eigenvalue weighted by atomic mass is 10.1. The molecule has 2 N–H and O–H groups in total. The third-order valence-electron chi connectivity index (χ3n) is 3.93. The molecule has 7 nitrogen and oxygen atoms in total. The van der Waals surface area contributed by atoms with E-state index in [-0.39, 0.29) is 17.6 Å². The maximum atomic E-state index is 12.2. The molecule has 1 unspecified atom stereocenters. The minimum Gasteiger partial charge on any atom is -0.350 e. The minimum absolute atomic E-state index is 0.00965. The summed E-state index contributed by atoms with van der Waals surface area (Å²) >= 11 is 0. The molecule has 0 aromatic carbocycles. The summed E-state index contributed by atoms with van der Waals surface area (Å²) in [6, 6.07) is 1.62. The Kier molecular flexibility index (Phi) is 3.43. The van der Waals surface area contributed by atoms with Gasteiger partial charge in [0.2, 0.25) is 0 Å². The molecule has 7 heteroatoms. The van der Waals surface area contributed by atoms with E-state index < -0.39 is 4.92 Å². The maximum Gasteiger partial charge on any atom is 0.287 e. The van der Waals surface area contributed by atoms with Gasteiger partial charge in [0.1, 0.15) is 5.69 Å². The van der Waals surface area contributed by atoms with Crippen molar-refractivity contribution >= 4 is 11.6 Å². The van der Waals surface area contributed by atoms with Gasteiger partial charge in [0.15, 0.2) is 0 Å². The van der Waals surface area contributed by atoms with Gasteiger partial charge in [-0.25, -0.2) is 0 Å². The van der Waals surface area contributed by atoms with Crippen molar-refractivity contribution in [2.45, 2.75) is 25.3 Å². The molecule has 20 heavy (non-hydrogen) atoms. The Labute approximate surface area is 116 Å². The predicted octanol–water partition coefficient (Wildman–Crippen LogP) is 1.07. The molecule has 0 spiro atoms. The van der Waals surface area contributed by atoms with Gasteiger partial charge in [-0.2, -0.15) is 0 Å². The van der Waals surface area contributed by atoms with E-state index >= 15 is 0 Å². The molecule has 1 atom stereocenters. The van der Waals surface area contributed by atoms with Crippen LogP contribution in [-0.2, 0) is 0 Å². The normalized spacial score (nSPS) is 21.9. The number of carbonyl (C=O) groups excluding carboxylic acids is 1. The average Bonchev–Trinajstić information content (AvgIpc) is 2.97. The van der Waals surface area contributed by atoms with Gasteiger partial charge in [-0.05, 0) is 38.3 Å². The Morgan fingerprint density at radius 1 is 1.50 bits per heavy atom. The van der Waals surface area contributed by atoms with Crippen molar-refractivity contribution in [2.24, 2.45) is 5.92 Å². The van der Waals surface area contributed by atoms with Crippen LogP contribution in [0, 0.1) is 16.0 Å². The molecule has 1 aromatic rings. The fourth-order valence-corrected chi connectivity index (χ4v) is 2.62. The van der Waals surface area contributed by atoms with Crippen molar-refractivity contribution in [3.8, 4) is 0 Å². The Morgan fingerprint density at radius 3 is 2.90 bits per heavy atom. The standard InChI is InChI=1S/C13H18N4O3/c18-13(15-7-9-3-4-14-6-9)12-5-11(17(19)20)8-16(12)10-1-2-10/h5,8-10,14H,1-4,6-7H2,(H,15,18). The van der Waals surface area contributed by atoms with Crippen LogP contribution >= 0.6 is 0 Å². The van der Waals surface area contributed by atoms with Crippen LogP contribution in [0.3, 0.4) is 0 Å². The van der Waals surface area contributed by atoms with Crippen molar-refractivity contribution in [1.29, 1.82) is 0 Å². The minimum atomic E-state index is -0.448. The van der Waals surface area contributed by atoms with Crippen LogP contribution in [0.2, 0.25) is 0 Å². The molecule has 108 valence electrons. The molecular formula is C13H18N4O3. The SMILES string of the molecule is O=C(NCC1CCNC1)c1cc([N+](=O)[O-])cn1C1CC1. The number of nitrogens with zero attached hydrogens (tertiary/aromatic N) is 2. The molecule has 1 amide bonds. The van der Waals surface area contributed by atoms with Gasteiger partial charge in [0, 0.05) is 18.7 Å². The zero-order valence-corrected chi connectivity index (χ0v) is 11.2. The summed E-state index contributed by atoms with van der Waals surface area (Å²) in [5, 5.41) is 17.0. The fourth-order valence-electron chi connectivity index (χ4n) is 2.62. The first kappa shape index (κ1) is 13.1. The van der Waals surface area contributed by atoms with E-state index in [1.54, 1.807) is 4.57 Å². The summed E-state index contributed by atoms with van der Waals surface area (Å²) < 4.78 is 1.75. The predicted molar refractivity (Wildman–Crippen MR) is 72.7 cm³/mol. The summed E-state index contributed by atoms with van der Waals surface area (Å²) in [4.78, 5) is 22.6. The second-order valence-corrected chi connectivity index (χ2v) is 5.55. The Balaban J connectivity index is 1.70. The molecule has 0 radical (unpaired) electrons. The van der Waals surface area contributed by atoms with Crippen LogP contribution in [0.5, 0.6) is 0 Å².